The van der Waals surface area contributed by atoms with Crippen molar-refractivity contribution in [2.75, 3.05) is 5.32 Å². The van der Waals surface area contributed by atoms with E-state index in [-0.39, 0.29) is 17.2 Å². The number of carbonyl (C=O) groups is 1. The molecule has 0 spiro atoms. The number of amides is 1. The van der Waals surface area contributed by atoms with Gasteiger partial charge in [-0.1, -0.05) is 12.1 Å². The Morgan fingerprint density at radius 3 is 2.48 bits per heavy atom. The molecule has 0 aliphatic heterocycles. The van der Waals surface area contributed by atoms with Gasteiger partial charge in [-0.15, -0.1) is 0 Å². The number of hydrogen-bond donors (Lipinski definition) is 1. The molecule has 1 heterocycles. The number of hydrogen-bond acceptors (Lipinski definition) is 2. The lowest BCUT2D eigenvalue weighted by molar-refractivity contribution is 0.101. The van der Waals surface area contributed by atoms with Gasteiger partial charge < -0.3 is 5.32 Å². The van der Waals surface area contributed by atoms with Gasteiger partial charge in [0.05, 0.1) is 11.4 Å². The number of anilines is 1. The first-order chi connectivity index (χ1) is 11.0. The fraction of sp³-hybridized carbons (Fsp3) is 0.0588. The second-order valence-corrected chi connectivity index (χ2v) is 4.98. The van der Waals surface area contributed by atoms with Crippen LogP contribution in [0.3, 0.4) is 0 Å². The smallest absolute Gasteiger partial charge is 0.274 e. The van der Waals surface area contributed by atoms with Crippen LogP contribution in [0.15, 0.2) is 54.6 Å². The summed E-state index contributed by atoms with van der Waals surface area (Å²) in [5.41, 5.74) is 1.59. The number of aromatic nitrogens is 2. The van der Waals surface area contributed by atoms with Crippen LogP contribution in [0.1, 0.15) is 10.5 Å². The first-order valence-corrected chi connectivity index (χ1v) is 6.90. The highest BCUT2D eigenvalue weighted by atomic mass is 19.1. The van der Waals surface area contributed by atoms with Gasteiger partial charge in [0, 0.05) is 12.6 Å². The quantitative estimate of drug-likeness (QED) is 0.803. The van der Waals surface area contributed by atoms with Crippen molar-refractivity contribution < 1.29 is 13.6 Å². The van der Waals surface area contributed by atoms with Gasteiger partial charge in [-0.3, -0.25) is 9.48 Å². The van der Waals surface area contributed by atoms with E-state index in [2.05, 4.69) is 10.4 Å². The van der Waals surface area contributed by atoms with E-state index < -0.39 is 11.7 Å². The third-order valence-electron chi connectivity index (χ3n) is 3.37. The monoisotopic (exact) mass is 313 g/mol. The number of halogens is 2. The molecule has 3 aromatic rings. The minimum Gasteiger partial charge on any atom is -0.318 e. The molecule has 4 nitrogen and oxygen atoms in total. The number of para-hydroxylation sites is 1. The second kappa shape index (κ2) is 6.00. The number of nitrogens with zero attached hydrogens (tertiary/aromatic N) is 2. The summed E-state index contributed by atoms with van der Waals surface area (Å²) in [6.45, 7) is 0. The zero-order chi connectivity index (χ0) is 16.4. The molecule has 2 aromatic carbocycles. The highest BCUT2D eigenvalue weighted by Gasteiger charge is 2.15. The van der Waals surface area contributed by atoms with Crippen LogP contribution in [0.2, 0.25) is 0 Å². The Balaban J connectivity index is 1.87. The van der Waals surface area contributed by atoms with Crippen molar-refractivity contribution in [1.82, 2.24) is 9.78 Å². The molecule has 0 atom stereocenters. The number of nitrogens with one attached hydrogen (secondary N) is 1. The molecule has 116 valence electrons. The molecular weight excluding hydrogens is 300 g/mol. The standard InChI is InChI=1S/C17H13F2N3O/c1-22-16(17(23)20-14-5-3-2-4-13(14)19)10-15(21-22)11-6-8-12(18)9-7-11/h2-10H,1H3,(H,20,23). The lowest BCUT2D eigenvalue weighted by atomic mass is 10.1. The van der Waals surface area contributed by atoms with Gasteiger partial charge in [0.25, 0.3) is 5.91 Å². The fourth-order valence-electron chi connectivity index (χ4n) is 2.19. The molecule has 3 rings (SSSR count). The summed E-state index contributed by atoms with van der Waals surface area (Å²) in [4.78, 5) is 12.3. The maximum absolute atomic E-state index is 13.6. The fourth-order valence-corrected chi connectivity index (χ4v) is 2.19. The van der Waals surface area contributed by atoms with Gasteiger partial charge in [-0.25, -0.2) is 8.78 Å². The van der Waals surface area contributed by atoms with Crippen molar-refractivity contribution in [3.63, 3.8) is 0 Å². The zero-order valence-corrected chi connectivity index (χ0v) is 12.3. The molecule has 1 amide bonds. The molecule has 0 radical (unpaired) electrons. The Bertz CT molecular complexity index is 857. The lowest BCUT2D eigenvalue weighted by Gasteiger charge is -2.05. The largest absolute Gasteiger partial charge is 0.318 e. The number of benzene rings is 2. The van der Waals surface area contributed by atoms with Gasteiger partial charge >= 0.3 is 0 Å². The van der Waals surface area contributed by atoms with Crippen LogP contribution in [0.4, 0.5) is 14.5 Å². The lowest BCUT2D eigenvalue weighted by Crippen LogP contribution is -2.16. The van der Waals surface area contributed by atoms with Gasteiger partial charge in [0.2, 0.25) is 0 Å². The van der Waals surface area contributed by atoms with Crippen molar-refractivity contribution in [2.45, 2.75) is 0 Å². The molecule has 0 saturated heterocycles. The topological polar surface area (TPSA) is 46.9 Å². The highest BCUT2D eigenvalue weighted by Crippen LogP contribution is 2.20. The first kappa shape index (κ1) is 14.9. The highest BCUT2D eigenvalue weighted by molar-refractivity contribution is 6.03. The van der Waals surface area contributed by atoms with E-state index >= 15 is 0 Å². The van der Waals surface area contributed by atoms with Crippen molar-refractivity contribution in [3.8, 4) is 11.3 Å². The Hall–Kier alpha value is -3.02. The van der Waals surface area contributed by atoms with E-state index in [0.717, 1.165) is 0 Å². The molecule has 0 aliphatic rings. The van der Waals surface area contributed by atoms with Crippen molar-refractivity contribution in [3.05, 3.63) is 71.9 Å². The summed E-state index contributed by atoms with van der Waals surface area (Å²) < 4.78 is 28.0. The van der Waals surface area contributed by atoms with Crippen LogP contribution >= 0.6 is 0 Å². The Labute approximate surface area is 131 Å². The second-order valence-electron chi connectivity index (χ2n) is 4.98. The third kappa shape index (κ3) is 3.11. The van der Waals surface area contributed by atoms with Gasteiger partial charge in [-0.05, 0) is 42.5 Å². The summed E-state index contributed by atoms with van der Waals surface area (Å²) in [5, 5.41) is 6.74. The van der Waals surface area contributed by atoms with E-state index in [1.165, 1.54) is 28.9 Å². The molecule has 23 heavy (non-hydrogen) atoms. The predicted octanol–water partition coefficient (Wildman–Crippen LogP) is 3.62. The minimum absolute atomic E-state index is 0.0991. The number of carbonyl (C=O) groups excluding carboxylic acids is 1. The summed E-state index contributed by atoms with van der Waals surface area (Å²) in [6, 6.07) is 13.3. The maximum Gasteiger partial charge on any atom is 0.274 e. The van der Waals surface area contributed by atoms with Crippen LogP contribution in [-0.4, -0.2) is 15.7 Å². The maximum atomic E-state index is 13.6. The van der Waals surface area contributed by atoms with Crippen LogP contribution in [-0.2, 0) is 7.05 Å². The van der Waals surface area contributed by atoms with Gasteiger partial charge in [0.15, 0.2) is 0 Å². The molecular formula is C17H13F2N3O. The van der Waals surface area contributed by atoms with E-state index in [1.54, 1.807) is 37.4 Å². The summed E-state index contributed by atoms with van der Waals surface area (Å²) >= 11 is 0. The van der Waals surface area contributed by atoms with E-state index in [4.69, 9.17) is 0 Å². The van der Waals surface area contributed by atoms with Gasteiger partial charge in [-0.2, -0.15) is 5.10 Å². The van der Waals surface area contributed by atoms with Crippen LogP contribution in [0.5, 0.6) is 0 Å². The third-order valence-corrected chi connectivity index (χ3v) is 3.37. The number of rotatable bonds is 3. The van der Waals surface area contributed by atoms with Crippen molar-refractivity contribution >= 4 is 11.6 Å². The molecule has 0 unspecified atom stereocenters. The molecule has 1 aromatic heterocycles. The number of aryl methyl sites for hydroxylation is 1. The molecule has 0 fully saturated rings. The molecule has 1 N–H and O–H groups in total. The van der Waals surface area contributed by atoms with Crippen LogP contribution in [0, 0.1) is 11.6 Å². The minimum atomic E-state index is -0.512. The van der Waals surface area contributed by atoms with E-state index in [0.29, 0.717) is 11.3 Å². The van der Waals surface area contributed by atoms with Crippen LogP contribution < -0.4 is 5.32 Å². The molecule has 0 aliphatic carbocycles. The average molecular weight is 313 g/mol. The average Bonchev–Trinajstić information content (AvgIpc) is 2.92. The molecule has 6 heteroatoms. The van der Waals surface area contributed by atoms with E-state index in [9.17, 15) is 13.6 Å². The summed E-state index contributed by atoms with van der Waals surface area (Å²) in [5.74, 6) is -1.33. The molecule has 0 bridgehead atoms. The zero-order valence-electron chi connectivity index (χ0n) is 12.3. The Morgan fingerprint density at radius 2 is 1.78 bits per heavy atom. The molecule has 0 saturated carbocycles. The van der Waals surface area contributed by atoms with Crippen molar-refractivity contribution in [1.29, 1.82) is 0 Å². The van der Waals surface area contributed by atoms with Crippen LogP contribution in [0.25, 0.3) is 11.3 Å². The normalized spacial score (nSPS) is 10.6. The summed E-state index contributed by atoms with van der Waals surface area (Å²) in [7, 11) is 1.61. The Kier molecular flexibility index (Phi) is 3.89. The van der Waals surface area contributed by atoms with E-state index in [1.807, 2.05) is 0 Å². The first-order valence-electron chi connectivity index (χ1n) is 6.90. The Morgan fingerprint density at radius 1 is 1.09 bits per heavy atom. The summed E-state index contributed by atoms with van der Waals surface area (Å²) in [6.07, 6.45) is 0. The van der Waals surface area contributed by atoms with Gasteiger partial charge in [0.1, 0.15) is 17.3 Å². The SMILES string of the molecule is Cn1nc(-c2ccc(F)cc2)cc1C(=O)Nc1ccccc1F. The predicted molar refractivity (Wildman–Crippen MR) is 83.0 cm³/mol. The van der Waals surface area contributed by atoms with Crippen molar-refractivity contribution in [2.24, 2.45) is 7.05 Å².